The molecule has 9 nitrogen and oxygen atoms in total. The standard InChI is InChI=1S/C48H74FN3O6Si2/c1-16-56-39(53)45(10,49)27-24-32(2)35-22-23-36-44(35,9)26-25-37-46(11)38(58-60(14,15)43(6,7)8)30-34(57-59(12,13)42(3,4)5)31-47(46)28-29-48(36,37)52-41(55)50(40(54)51(47)52)33-20-18-17-19-21-33/h17-21,24,27-29,32,34-38H,16,22-23,25-26,30-31H2,1-15H3/b27-24+/t32-,34+,35-,36-,37-,38+,44-,45+,46+,47-,48+/m1/s1. The van der Waals surface area contributed by atoms with Crippen LogP contribution in [0.3, 0.4) is 0 Å². The van der Waals surface area contributed by atoms with Gasteiger partial charge in [-0.1, -0.05) is 98.7 Å². The molecular weight excluding hydrogens is 790 g/mol. The number of para-hydroxylation sites is 1. The summed E-state index contributed by atoms with van der Waals surface area (Å²) in [6.07, 6.45) is 12.3. The van der Waals surface area contributed by atoms with E-state index in [0.717, 1.165) is 32.1 Å². The first-order valence-corrected chi connectivity index (χ1v) is 28.5. The van der Waals surface area contributed by atoms with Gasteiger partial charge in [0, 0.05) is 11.8 Å². The van der Waals surface area contributed by atoms with Crippen LogP contribution >= 0.6 is 0 Å². The topological polar surface area (TPSA) is 93.7 Å². The number of aromatic nitrogens is 3. The highest BCUT2D eigenvalue weighted by molar-refractivity contribution is 6.74. The number of rotatable bonds is 10. The molecule has 2 aromatic rings. The third-order valence-corrected chi connectivity index (χ3v) is 26.7. The highest BCUT2D eigenvalue weighted by atomic mass is 28.4. The Bertz CT molecular complexity index is 2180. The summed E-state index contributed by atoms with van der Waals surface area (Å²) in [6, 6.07) is 9.37. The number of allylic oxidation sites excluding steroid dienone is 3. The molecule has 3 heterocycles. The molecule has 1 aromatic carbocycles. The van der Waals surface area contributed by atoms with E-state index in [1.807, 2.05) is 45.8 Å². The summed E-state index contributed by atoms with van der Waals surface area (Å²) in [4.78, 5) is 43.6. The van der Waals surface area contributed by atoms with Gasteiger partial charge in [-0.15, -0.1) is 0 Å². The van der Waals surface area contributed by atoms with Crippen molar-refractivity contribution in [3.05, 3.63) is 75.6 Å². The molecule has 2 spiro atoms. The van der Waals surface area contributed by atoms with Gasteiger partial charge in [-0.05, 0) is 130 Å². The first kappa shape index (κ1) is 45.2. The molecule has 4 aliphatic carbocycles. The van der Waals surface area contributed by atoms with Crippen LogP contribution in [0, 0.1) is 34.5 Å². The summed E-state index contributed by atoms with van der Waals surface area (Å²) >= 11 is 0. The summed E-state index contributed by atoms with van der Waals surface area (Å²) < 4.78 is 41.1. The van der Waals surface area contributed by atoms with E-state index >= 15 is 14.0 Å². The molecule has 6 aliphatic rings. The number of hydrogen-bond acceptors (Lipinski definition) is 6. The number of carbonyl (C=O) groups excluding carboxylic acids is 1. The number of nitrogens with zero attached hydrogens (tertiary/aromatic N) is 3. The zero-order chi connectivity index (χ0) is 44.4. The van der Waals surface area contributed by atoms with Crippen molar-refractivity contribution in [2.24, 2.45) is 34.5 Å². The number of fused-ring (bicyclic) bond motifs is 1. The van der Waals surface area contributed by atoms with Gasteiger partial charge in [0.25, 0.3) is 0 Å². The maximum Gasteiger partial charge on any atom is 0.352 e. The summed E-state index contributed by atoms with van der Waals surface area (Å²) in [7, 11) is -4.69. The molecule has 0 amide bonds. The number of ether oxygens (including phenoxy) is 1. The summed E-state index contributed by atoms with van der Waals surface area (Å²) in [5.41, 5.74) is -4.84. The first-order chi connectivity index (χ1) is 27.6. The quantitative estimate of drug-likeness (QED) is 0.134. The van der Waals surface area contributed by atoms with Crippen molar-refractivity contribution >= 4 is 22.6 Å². The van der Waals surface area contributed by atoms with Gasteiger partial charge in [0.15, 0.2) is 16.6 Å². The van der Waals surface area contributed by atoms with E-state index < -0.39 is 44.8 Å². The summed E-state index contributed by atoms with van der Waals surface area (Å²) in [6.45, 7) is 32.9. The van der Waals surface area contributed by atoms with Crippen LogP contribution in [0.25, 0.3) is 5.69 Å². The van der Waals surface area contributed by atoms with E-state index in [0.29, 0.717) is 12.1 Å². The third-order valence-electron chi connectivity index (χ3n) is 17.7. The molecule has 3 saturated carbocycles. The van der Waals surface area contributed by atoms with E-state index in [-0.39, 0.29) is 69.4 Å². The van der Waals surface area contributed by atoms with Gasteiger partial charge in [0.05, 0.1) is 35.6 Å². The van der Waals surface area contributed by atoms with Crippen LogP contribution in [0.15, 0.2) is 64.2 Å². The maximum atomic E-state index is 15.6. The largest absolute Gasteiger partial charge is 0.463 e. The fraction of sp³-hybridized carbons (Fsp3) is 0.729. The van der Waals surface area contributed by atoms with Crippen molar-refractivity contribution in [3.8, 4) is 5.69 Å². The molecule has 0 N–H and O–H groups in total. The van der Waals surface area contributed by atoms with Crippen LogP contribution in [-0.2, 0) is 29.5 Å². The maximum absolute atomic E-state index is 15.6. The average molecular weight is 864 g/mol. The van der Waals surface area contributed by atoms with Crippen LogP contribution in [0.1, 0.15) is 115 Å². The Balaban J connectivity index is 1.45. The molecular formula is C48H74FN3O6Si2. The molecule has 0 radical (unpaired) electrons. The van der Waals surface area contributed by atoms with Crippen molar-refractivity contribution in [1.29, 1.82) is 0 Å². The number of hydrogen-bond donors (Lipinski definition) is 0. The normalized spacial score (nSPS) is 35.4. The Morgan fingerprint density at radius 3 is 2.08 bits per heavy atom. The SMILES string of the molecule is CCOC(=O)[C@@](C)(F)/C=C/[C@@H](C)[C@H]1CC[C@@H]2[C@]1(C)CC[C@H]1[C@]23C=C[C@]2(C[C@@H](O[Si](C)(C)C(C)(C)C)C[C@H](O[Si](C)(C)C(C)(C)C)[C@]12C)n1c(=O)n(-c2ccccc2)c(=O)n13. The van der Waals surface area contributed by atoms with Gasteiger partial charge >= 0.3 is 17.3 Å². The molecule has 8 rings (SSSR count). The van der Waals surface area contributed by atoms with E-state index in [2.05, 4.69) is 101 Å². The summed E-state index contributed by atoms with van der Waals surface area (Å²) in [5.74, 6) is -0.782. The van der Waals surface area contributed by atoms with E-state index in [1.54, 1.807) is 6.92 Å². The zero-order valence-electron chi connectivity index (χ0n) is 39.3. The van der Waals surface area contributed by atoms with Crippen molar-refractivity contribution in [2.75, 3.05) is 6.61 Å². The van der Waals surface area contributed by atoms with E-state index in [9.17, 15) is 4.79 Å². The van der Waals surface area contributed by atoms with Crippen LogP contribution in [0.2, 0.25) is 36.3 Å². The van der Waals surface area contributed by atoms with Crippen molar-refractivity contribution in [3.63, 3.8) is 0 Å². The van der Waals surface area contributed by atoms with Gasteiger partial charge in [0.2, 0.25) is 5.67 Å². The molecule has 332 valence electrons. The second kappa shape index (κ2) is 14.4. The lowest BCUT2D eigenvalue weighted by atomic mass is 9.40. The third kappa shape index (κ3) is 6.32. The van der Waals surface area contributed by atoms with Gasteiger partial charge in [-0.2, -0.15) is 0 Å². The Hall–Kier alpha value is -2.81. The highest BCUT2D eigenvalue weighted by Gasteiger charge is 2.77. The Morgan fingerprint density at radius 1 is 0.883 bits per heavy atom. The molecule has 60 heavy (non-hydrogen) atoms. The Labute approximate surface area is 360 Å². The van der Waals surface area contributed by atoms with Gasteiger partial charge in [0.1, 0.15) is 0 Å². The predicted octanol–water partition coefficient (Wildman–Crippen LogP) is 10.3. The average Bonchev–Trinajstić information content (AvgIpc) is 3.64. The van der Waals surface area contributed by atoms with Crippen molar-refractivity contribution < 1.29 is 22.8 Å². The Kier molecular flexibility index (Phi) is 10.8. The highest BCUT2D eigenvalue weighted by Crippen LogP contribution is 2.74. The van der Waals surface area contributed by atoms with E-state index in [1.165, 1.54) is 17.6 Å². The number of halogens is 1. The van der Waals surface area contributed by atoms with Crippen LogP contribution in [0.5, 0.6) is 0 Å². The molecule has 1 aromatic heterocycles. The predicted molar refractivity (Wildman–Crippen MR) is 242 cm³/mol. The number of alkyl halides is 1. The second-order valence-electron chi connectivity index (χ2n) is 22.9. The second-order valence-corrected chi connectivity index (χ2v) is 32.5. The van der Waals surface area contributed by atoms with Crippen LogP contribution in [-0.4, -0.2) is 61.0 Å². The van der Waals surface area contributed by atoms with Crippen molar-refractivity contribution in [2.45, 2.75) is 180 Å². The number of carbonyl (C=O) groups is 1. The minimum absolute atomic E-state index is 0.00231. The van der Waals surface area contributed by atoms with Gasteiger partial charge in [-0.3, -0.25) is 0 Å². The smallest absolute Gasteiger partial charge is 0.352 e. The zero-order valence-corrected chi connectivity index (χ0v) is 41.3. The fourth-order valence-electron chi connectivity index (χ4n) is 12.5. The minimum atomic E-state index is -2.40. The molecule has 0 saturated heterocycles. The molecule has 2 aliphatic heterocycles. The molecule has 2 bridgehead atoms. The van der Waals surface area contributed by atoms with Crippen LogP contribution in [0.4, 0.5) is 4.39 Å². The molecule has 12 heteroatoms. The number of benzene rings is 1. The fourth-order valence-corrected chi connectivity index (χ4v) is 15.3. The van der Waals surface area contributed by atoms with Crippen molar-refractivity contribution in [1.82, 2.24) is 13.9 Å². The monoisotopic (exact) mass is 864 g/mol. The van der Waals surface area contributed by atoms with Gasteiger partial charge in [-0.25, -0.2) is 32.7 Å². The first-order valence-electron chi connectivity index (χ1n) is 22.7. The van der Waals surface area contributed by atoms with Crippen LogP contribution < -0.4 is 11.4 Å². The summed E-state index contributed by atoms with van der Waals surface area (Å²) in [5, 5.41) is -0.0847. The Morgan fingerprint density at radius 2 is 1.48 bits per heavy atom. The molecule has 11 atom stereocenters. The minimum Gasteiger partial charge on any atom is -0.463 e. The van der Waals surface area contributed by atoms with Gasteiger partial charge < -0.3 is 13.6 Å². The molecule has 3 fully saturated rings. The lowest BCUT2D eigenvalue weighted by Crippen LogP contribution is -2.80. The number of esters is 1. The lowest BCUT2D eigenvalue weighted by Gasteiger charge is -2.73. The lowest BCUT2D eigenvalue weighted by molar-refractivity contribution is -0.233. The molecule has 0 unspecified atom stereocenters. The van der Waals surface area contributed by atoms with E-state index in [4.69, 9.17) is 13.6 Å².